The fraction of sp³-hybridized carbons (Fsp3) is 0.636. The Balaban J connectivity index is 0.00000144. The zero-order chi connectivity index (χ0) is 11.5. The van der Waals surface area contributed by atoms with Crippen molar-refractivity contribution >= 4 is 18.3 Å². The Hall–Kier alpha value is -1.07. The van der Waals surface area contributed by atoms with Gasteiger partial charge in [-0.1, -0.05) is 0 Å². The second-order valence-corrected chi connectivity index (χ2v) is 4.24. The molecule has 5 nitrogen and oxygen atoms in total. The number of carbonyl (C=O) groups excluding carboxylic acids is 1. The van der Waals surface area contributed by atoms with Gasteiger partial charge in [0.1, 0.15) is 0 Å². The van der Waals surface area contributed by atoms with E-state index < -0.39 is 0 Å². The van der Waals surface area contributed by atoms with Crippen molar-refractivity contribution in [2.75, 3.05) is 6.54 Å². The molecule has 96 valence electrons. The highest BCUT2D eigenvalue weighted by Gasteiger charge is 2.31. The maximum atomic E-state index is 11.9. The second kappa shape index (κ2) is 6.02. The molecule has 6 heteroatoms. The Morgan fingerprint density at radius 1 is 1.71 bits per heavy atom. The van der Waals surface area contributed by atoms with Crippen LogP contribution in [0.3, 0.4) is 0 Å². The molecule has 2 rings (SSSR count). The largest absolute Gasteiger partial charge is 0.348 e. The predicted molar refractivity (Wildman–Crippen MR) is 68.2 cm³/mol. The Bertz CT molecular complexity index is 375. The minimum Gasteiger partial charge on any atom is -0.348 e. The van der Waals surface area contributed by atoms with Crippen molar-refractivity contribution in [3.63, 3.8) is 0 Å². The lowest BCUT2D eigenvalue weighted by Crippen LogP contribution is -2.41. The summed E-state index contributed by atoms with van der Waals surface area (Å²) in [6, 6.07) is 0.123. The molecule has 1 fully saturated rings. The van der Waals surface area contributed by atoms with Gasteiger partial charge in [0.15, 0.2) is 0 Å². The van der Waals surface area contributed by atoms with Gasteiger partial charge in [0.05, 0.1) is 11.8 Å². The highest BCUT2D eigenvalue weighted by atomic mass is 35.5. The number of rotatable bonds is 5. The monoisotopic (exact) mass is 258 g/mol. The number of amides is 1. The van der Waals surface area contributed by atoms with Gasteiger partial charge in [0.25, 0.3) is 5.91 Å². The minimum absolute atomic E-state index is 0. The van der Waals surface area contributed by atoms with Crippen molar-refractivity contribution in [3.05, 3.63) is 18.0 Å². The van der Waals surface area contributed by atoms with E-state index in [1.165, 1.54) is 12.8 Å². The first kappa shape index (κ1) is 14.0. The highest BCUT2D eigenvalue weighted by molar-refractivity contribution is 5.93. The summed E-state index contributed by atoms with van der Waals surface area (Å²) in [5, 5.41) is 7.04. The molecule has 0 aliphatic heterocycles. The highest BCUT2D eigenvalue weighted by Crippen LogP contribution is 2.32. The third-order valence-corrected chi connectivity index (χ3v) is 2.98. The van der Waals surface area contributed by atoms with E-state index in [1.807, 2.05) is 6.92 Å². The van der Waals surface area contributed by atoms with Crippen molar-refractivity contribution in [1.29, 1.82) is 0 Å². The first-order chi connectivity index (χ1) is 7.74. The number of hydrogen-bond acceptors (Lipinski definition) is 3. The maximum absolute atomic E-state index is 11.9. The number of nitrogens with one attached hydrogen (secondary N) is 1. The first-order valence-corrected chi connectivity index (χ1v) is 5.78. The van der Waals surface area contributed by atoms with Gasteiger partial charge in [0, 0.05) is 25.3 Å². The Morgan fingerprint density at radius 2 is 2.41 bits per heavy atom. The Morgan fingerprint density at radius 3 is 2.88 bits per heavy atom. The summed E-state index contributed by atoms with van der Waals surface area (Å²) in [7, 11) is 0. The summed E-state index contributed by atoms with van der Waals surface area (Å²) >= 11 is 0. The van der Waals surface area contributed by atoms with Crippen LogP contribution in [0, 0.1) is 5.92 Å². The number of aromatic nitrogens is 2. The number of carbonyl (C=O) groups is 1. The van der Waals surface area contributed by atoms with Crippen molar-refractivity contribution in [2.24, 2.45) is 11.7 Å². The second-order valence-electron chi connectivity index (χ2n) is 4.24. The number of nitrogens with zero attached hydrogens (tertiary/aromatic N) is 2. The molecular formula is C11H19ClN4O. The van der Waals surface area contributed by atoms with Gasteiger partial charge >= 0.3 is 0 Å². The number of nitrogens with two attached hydrogens (primary N) is 1. The lowest BCUT2D eigenvalue weighted by molar-refractivity contribution is 0.0933. The van der Waals surface area contributed by atoms with E-state index in [9.17, 15) is 4.79 Å². The van der Waals surface area contributed by atoms with E-state index in [1.54, 1.807) is 17.1 Å². The Labute approximate surface area is 107 Å². The van der Waals surface area contributed by atoms with Crippen molar-refractivity contribution in [2.45, 2.75) is 32.4 Å². The van der Waals surface area contributed by atoms with Gasteiger partial charge in [-0.3, -0.25) is 9.48 Å². The van der Waals surface area contributed by atoms with Crippen LogP contribution < -0.4 is 11.1 Å². The molecule has 1 heterocycles. The molecule has 1 aromatic rings. The van der Waals surface area contributed by atoms with Crippen LogP contribution in [0.1, 0.15) is 30.1 Å². The third-order valence-electron chi connectivity index (χ3n) is 2.98. The average Bonchev–Trinajstić information content (AvgIpc) is 3.02. The van der Waals surface area contributed by atoms with E-state index in [2.05, 4.69) is 10.4 Å². The van der Waals surface area contributed by atoms with Gasteiger partial charge in [-0.25, -0.2) is 0 Å². The molecular weight excluding hydrogens is 240 g/mol. The minimum atomic E-state index is -0.0675. The van der Waals surface area contributed by atoms with Crippen molar-refractivity contribution in [3.8, 4) is 0 Å². The van der Waals surface area contributed by atoms with Crippen molar-refractivity contribution < 1.29 is 4.79 Å². The molecule has 1 atom stereocenters. The van der Waals surface area contributed by atoms with E-state index in [0.29, 0.717) is 18.0 Å². The van der Waals surface area contributed by atoms with Crippen LogP contribution in [-0.2, 0) is 6.54 Å². The smallest absolute Gasteiger partial charge is 0.254 e. The topological polar surface area (TPSA) is 72.9 Å². The molecule has 0 aromatic carbocycles. The number of aryl methyl sites for hydroxylation is 1. The van der Waals surface area contributed by atoms with E-state index in [-0.39, 0.29) is 24.4 Å². The molecule has 1 aliphatic rings. The normalized spacial score (nSPS) is 16.1. The van der Waals surface area contributed by atoms with E-state index >= 15 is 0 Å². The third kappa shape index (κ3) is 3.44. The van der Waals surface area contributed by atoms with Crippen LogP contribution in [-0.4, -0.2) is 28.3 Å². The molecule has 0 radical (unpaired) electrons. The Kier molecular flexibility index (Phi) is 4.96. The summed E-state index contributed by atoms with van der Waals surface area (Å²) in [6.07, 6.45) is 5.71. The molecule has 17 heavy (non-hydrogen) atoms. The van der Waals surface area contributed by atoms with Gasteiger partial charge in [-0.05, 0) is 25.7 Å². The zero-order valence-electron chi connectivity index (χ0n) is 9.93. The fourth-order valence-corrected chi connectivity index (χ4v) is 1.77. The van der Waals surface area contributed by atoms with Crippen LogP contribution in [0.4, 0.5) is 0 Å². The van der Waals surface area contributed by atoms with Crippen LogP contribution in [0.25, 0.3) is 0 Å². The molecule has 0 bridgehead atoms. The van der Waals surface area contributed by atoms with Crippen LogP contribution in [0.15, 0.2) is 12.4 Å². The van der Waals surface area contributed by atoms with Gasteiger partial charge < -0.3 is 11.1 Å². The first-order valence-electron chi connectivity index (χ1n) is 5.78. The van der Waals surface area contributed by atoms with E-state index in [4.69, 9.17) is 5.73 Å². The van der Waals surface area contributed by atoms with Crippen molar-refractivity contribution in [1.82, 2.24) is 15.1 Å². The van der Waals surface area contributed by atoms with Gasteiger partial charge in [-0.2, -0.15) is 5.10 Å². The fourth-order valence-electron chi connectivity index (χ4n) is 1.77. The number of halogens is 1. The molecule has 3 N–H and O–H groups in total. The summed E-state index contributed by atoms with van der Waals surface area (Å²) in [5.74, 6) is 0.511. The van der Waals surface area contributed by atoms with Crippen LogP contribution >= 0.6 is 12.4 Å². The number of hydrogen-bond donors (Lipinski definition) is 2. The molecule has 1 saturated carbocycles. The summed E-state index contributed by atoms with van der Waals surface area (Å²) in [5.41, 5.74) is 6.25. The summed E-state index contributed by atoms with van der Waals surface area (Å²) in [6.45, 7) is 3.27. The molecule has 1 aliphatic carbocycles. The molecule has 0 saturated heterocycles. The van der Waals surface area contributed by atoms with Gasteiger partial charge in [-0.15, -0.1) is 12.4 Å². The molecule has 0 spiro atoms. The maximum Gasteiger partial charge on any atom is 0.254 e. The SMILES string of the molecule is CCn1cc(C(=O)NC(CN)C2CC2)cn1.Cl. The lowest BCUT2D eigenvalue weighted by atomic mass is 10.2. The zero-order valence-corrected chi connectivity index (χ0v) is 10.7. The molecule has 1 amide bonds. The molecule has 1 unspecified atom stereocenters. The summed E-state index contributed by atoms with van der Waals surface area (Å²) < 4.78 is 1.74. The van der Waals surface area contributed by atoms with Crippen LogP contribution in [0.2, 0.25) is 0 Å². The summed E-state index contributed by atoms with van der Waals surface area (Å²) in [4.78, 5) is 11.9. The quantitative estimate of drug-likeness (QED) is 0.820. The molecule has 1 aromatic heterocycles. The standard InChI is InChI=1S/C11H18N4O.ClH/c1-2-15-7-9(6-13-15)11(16)14-10(5-12)8-3-4-8;/h6-8,10H,2-5,12H2,1H3,(H,14,16);1H. The van der Waals surface area contributed by atoms with Gasteiger partial charge in [0.2, 0.25) is 0 Å². The average molecular weight is 259 g/mol. The van der Waals surface area contributed by atoms with E-state index in [0.717, 1.165) is 6.54 Å². The predicted octanol–water partition coefficient (Wildman–Crippen LogP) is 0.792. The van der Waals surface area contributed by atoms with Crippen LogP contribution in [0.5, 0.6) is 0 Å². The lowest BCUT2D eigenvalue weighted by Gasteiger charge is -2.14.